The number of fused-ring (bicyclic) bond motifs is 6. The zero-order chi connectivity index (χ0) is 45.3. The van der Waals surface area contributed by atoms with Crippen molar-refractivity contribution < 1.29 is 0 Å². The van der Waals surface area contributed by atoms with Gasteiger partial charge in [-0.3, -0.25) is 0 Å². The topological polar surface area (TPSA) is 3.24 Å². The third-order valence-corrected chi connectivity index (χ3v) is 14.7. The first-order valence-electron chi connectivity index (χ1n) is 23.6. The fourth-order valence-electron chi connectivity index (χ4n) is 11.0. The van der Waals surface area contributed by atoms with E-state index in [1.807, 2.05) is 0 Å². The second-order valence-corrected chi connectivity index (χ2v) is 19.3. The summed E-state index contributed by atoms with van der Waals surface area (Å²) < 4.78 is 0. The average molecular weight is 858 g/mol. The first-order chi connectivity index (χ1) is 32.7. The van der Waals surface area contributed by atoms with Crippen molar-refractivity contribution in [3.8, 4) is 77.9 Å². The monoisotopic (exact) mass is 857 g/mol. The van der Waals surface area contributed by atoms with Crippen LogP contribution in [0.3, 0.4) is 0 Å². The van der Waals surface area contributed by atoms with E-state index >= 15 is 0 Å². The quantitative estimate of drug-likeness (QED) is 0.147. The molecule has 1 heteroatoms. The van der Waals surface area contributed by atoms with Crippen LogP contribution in [0.5, 0.6) is 0 Å². The van der Waals surface area contributed by atoms with Crippen LogP contribution >= 0.6 is 0 Å². The highest BCUT2D eigenvalue weighted by Gasteiger charge is 2.42. The molecular formula is C66H51N. The predicted molar refractivity (Wildman–Crippen MR) is 283 cm³/mol. The highest BCUT2D eigenvalue weighted by molar-refractivity contribution is 5.96. The fourth-order valence-corrected chi connectivity index (χ4v) is 11.0. The first kappa shape index (κ1) is 40.5. The minimum atomic E-state index is -0.223. The molecule has 10 aromatic rings. The van der Waals surface area contributed by atoms with E-state index in [4.69, 9.17) is 0 Å². The van der Waals surface area contributed by atoms with Crippen molar-refractivity contribution in [3.05, 3.63) is 259 Å². The van der Waals surface area contributed by atoms with Gasteiger partial charge in [0.05, 0.1) is 0 Å². The van der Waals surface area contributed by atoms with Gasteiger partial charge in [-0.1, -0.05) is 210 Å². The highest BCUT2D eigenvalue weighted by Crippen LogP contribution is 2.58. The summed E-state index contributed by atoms with van der Waals surface area (Å²) >= 11 is 0. The highest BCUT2D eigenvalue weighted by atomic mass is 15.1. The van der Waals surface area contributed by atoms with E-state index in [0.29, 0.717) is 0 Å². The molecule has 0 aliphatic heterocycles. The summed E-state index contributed by atoms with van der Waals surface area (Å²) in [5, 5.41) is 0. The molecule has 0 saturated heterocycles. The molecule has 2 aliphatic rings. The number of benzene rings is 10. The second kappa shape index (κ2) is 15.9. The van der Waals surface area contributed by atoms with Crippen LogP contribution < -0.4 is 4.90 Å². The largest absolute Gasteiger partial charge is 0.310 e. The molecule has 0 atom stereocenters. The van der Waals surface area contributed by atoms with Gasteiger partial charge in [0.15, 0.2) is 0 Å². The normalized spacial score (nSPS) is 13.6. The van der Waals surface area contributed by atoms with Crippen LogP contribution in [0.15, 0.2) is 237 Å². The fraction of sp³-hybridized carbons (Fsp3) is 0.0909. The van der Waals surface area contributed by atoms with Gasteiger partial charge in [-0.15, -0.1) is 0 Å². The summed E-state index contributed by atoms with van der Waals surface area (Å²) in [6, 6.07) is 87.2. The van der Waals surface area contributed by atoms with Gasteiger partial charge < -0.3 is 4.90 Å². The van der Waals surface area contributed by atoms with Crippen molar-refractivity contribution in [2.75, 3.05) is 4.90 Å². The van der Waals surface area contributed by atoms with Crippen LogP contribution in [0.25, 0.3) is 77.9 Å². The number of nitrogens with zero attached hydrogens (tertiary/aromatic N) is 1. The summed E-state index contributed by atoms with van der Waals surface area (Å²) in [7, 11) is 0. The van der Waals surface area contributed by atoms with E-state index in [9.17, 15) is 0 Å². The summed E-state index contributed by atoms with van der Waals surface area (Å²) in [6.45, 7) is 9.63. The zero-order valence-corrected chi connectivity index (χ0v) is 38.5. The lowest BCUT2D eigenvalue weighted by molar-refractivity contribution is 0.652. The van der Waals surface area contributed by atoms with Crippen LogP contribution in [0.4, 0.5) is 17.1 Å². The summed E-state index contributed by atoms with van der Waals surface area (Å²) in [5.41, 5.74) is 26.2. The van der Waals surface area contributed by atoms with E-state index in [1.54, 1.807) is 0 Å². The molecule has 0 unspecified atom stereocenters. The second-order valence-electron chi connectivity index (χ2n) is 19.3. The van der Waals surface area contributed by atoms with Crippen molar-refractivity contribution in [1.82, 2.24) is 0 Å². The Morgan fingerprint density at radius 1 is 0.239 bits per heavy atom. The Morgan fingerprint density at radius 3 is 1.19 bits per heavy atom. The molecule has 2 aliphatic carbocycles. The summed E-state index contributed by atoms with van der Waals surface area (Å²) in [4.78, 5) is 2.43. The summed E-state index contributed by atoms with van der Waals surface area (Å²) in [5.74, 6) is 0. The molecule has 0 radical (unpaired) electrons. The molecule has 320 valence electrons. The van der Waals surface area contributed by atoms with Crippen LogP contribution in [-0.4, -0.2) is 0 Å². The summed E-state index contributed by atoms with van der Waals surface area (Å²) in [6.07, 6.45) is 0. The molecule has 0 saturated carbocycles. The molecular weight excluding hydrogens is 807 g/mol. The van der Waals surface area contributed by atoms with Gasteiger partial charge in [0.2, 0.25) is 0 Å². The molecule has 0 amide bonds. The SMILES string of the molecule is CC1(C)c2cc(N(c3ccc(-c4ccc(-c5ccccc5)cc4)cc3)c3ccc(-c4cccc(-c5ccccc5)c4)cc3)ccc2-c2cc3c(cc21)-c1c(-c2ccccc2)cccc1C3(C)C. The lowest BCUT2D eigenvalue weighted by Gasteiger charge is -2.28. The van der Waals surface area contributed by atoms with Crippen LogP contribution in [0.1, 0.15) is 49.9 Å². The number of anilines is 3. The maximum absolute atomic E-state index is 2.54. The minimum absolute atomic E-state index is 0.126. The van der Waals surface area contributed by atoms with E-state index in [2.05, 4.69) is 269 Å². The van der Waals surface area contributed by atoms with Crippen molar-refractivity contribution in [2.24, 2.45) is 0 Å². The van der Waals surface area contributed by atoms with Crippen molar-refractivity contribution in [2.45, 2.75) is 38.5 Å². The van der Waals surface area contributed by atoms with Crippen LogP contribution in [0.2, 0.25) is 0 Å². The lowest BCUT2D eigenvalue weighted by atomic mass is 9.79. The maximum Gasteiger partial charge on any atom is 0.0465 e. The zero-order valence-electron chi connectivity index (χ0n) is 38.5. The Balaban J connectivity index is 0.941. The van der Waals surface area contributed by atoms with E-state index in [-0.39, 0.29) is 10.8 Å². The molecule has 0 spiro atoms. The minimum Gasteiger partial charge on any atom is -0.310 e. The van der Waals surface area contributed by atoms with E-state index in [0.717, 1.165) is 17.1 Å². The Bertz CT molecular complexity index is 3450. The Hall–Kier alpha value is -8.00. The van der Waals surface area contributed by atoms with Gasteiger partial charge in [-0.05, 0) is 155 Å². The lowest BCUT2D eigenvalue weighted by Crippen LogP contribution is -2.17. The van der Waals surface area contributed by atoms with Crippen molar-refractivity contribution in [1.29, 1.82) is 0 Å². The van der Waals surface area contributed by atoms with Gasteiger partial charge in [0, 0.05) is 27.9 Å². The smallest absolute Gasteiger partial charge is 0.0465 e. The predicted octanol–water partition coefficient (Wildman–Crippen LogP) is 18.1. The molecule has 0 heterocycles. The van der Waals surface area contributed by atoms with Gasteiger partial charge in [0.1, 0.15) is 0 Å². The molecule has 0 bridgehead atoms. The molecule has 67 heavy (non-hydrogen) atoms. The van der Waals surface area contributed by atoms with Gasteiger partial charge in [-0.2, -0.15) is 0 Å². The third-order valence-electron chi connectivity index (χ3n) is 14.7. The van der Waals surface area contributed by atoms with Gasteiger partial charge >= 0.3 is 0 Å². The molecule has 12 rings (SSSR count). The van der Waals surface area contributed by atoms with E-state index in [1.165, 1.54) is 100 Å². The van der Waals surface area contributed by atoms with Gasteiger partial charge in [0.25, 0.3) is 0 Å². The maximum atomic E-state index is 2.54. The average Bonchev–Trinajstić information content (AvgIpc) is 3.75. The Morgan fingerprint density at radius 2 is 0.627 bits per heavy atom. The van der Waals surface area contributed by atoms with Crippen molar-refractivity contribution >= 4 is 17.1 Å². The molecule has 0 N–H and O–H groups in total. The molecule has 10 aromatic carbocycles. The molecule has 0 aromatic heterocycles. The Kier molecular flexibility index (Phi) is 9.59. The standard InChI is InChI=1S/C66H51N/c1-65(2)60-25-15-24-56(50-20-12-7-13-21-50)64(60)59-43-62-58(42-63(59)65)57-39-38-55(41-61(57)66(62,3)4)67(53-34-30-48(31-35-53)47-28-26-46(27-29-47)44-16-8-5-9-17-44)54-36-32-49(33-37-54)52-23-14-22-51(40-52)45-18-10-6-11-19-45/h5-43H,1-4H3. The Labute approximate surface area is 395 Å². The molecule has 1 nitrogen and oxygen atoms in total. The number of rotatable bonds is 8. The molecule has 0 fully saturated rings. The first-order valence-corrected chi connectivity index (χ1v) is 23.6. The third kappa shape index (κ3) is 6.85. The van der Waals surface area contributed by atoms with E-state index < -0.39 is 0 Å². The van der Waals surface area contributed by atoms with Crippen LogP contribution in [-0.2, 0) is 10.8 Å². The number of hydrogen-bond donors (Lipinski definition) is 0. The van der Waals surface area contributed by atoms with Gasteiger partial charge in [-0.25, -0.2) is 0 Å². The van der Waals surface area contributed by atoms with Crippen molar-refractivity contribution in [3.63, 3.8) is 0 Å². The number of hydrogen-bond acceptors (Lipinski definition) is 1. The van der Waals surface area contributed by atoms with Crippen LogP contribution in [0, 0.1) is 0 Å².